The van der Waals surface area contributed by atoms with Gasteiger partial charge in [0, 0.05) is 5.92 Å². The van der Waals surface area contributed by atoms with Crippen molar-refractivity contribution in [1.82, 2.24) is 0 Å². The molecule has 1 saturated heterocycles. The van der Waals surface area contributed by atoms with Gasteiger partial charge in [-0.05, 0) is 33.5 Å². The number of hydrogen-bond acceptors (Lipinski definition) is 4. The lowest BCUT2D eigenvalue weighted by atomic mass is 9.88. The van der Waals surface area contributed by atoms with E-state index in [0.717, 1.165) is 11.1 Å². The lowest BCUT2D eigenvalue weighted by Crippen LogP contribution is -2.68. The van der Waals surface area contributed by atoms with Crippen LogP contribution in [0.2, 0.25) is 5.04 Å². The van der Waals surface area contributed by atoms with E-state index in [1.54, 1.807) is 0 Å². The minimum absolute atomic E-state index is 0.00916. The zero-order valence-corrected chi connectivity index (χ0v) is 27.2. The minimum Gasteiger partial charge on any atom is -0.405 e. The Morgan fingerprint density at radius 3 is 1.47 bits per heavy atom. The summed E-state index contributed by atoms with van der Waals surface area (Å²) in [6.45, 7) is 12.7. The Bertz CT molecular complexity index is 1340. The zero-order valence-electron chi connectivity index (χ0n) is 26.2. The van der Waals surface area contributed by atoms with Crippen LogP contribution in [-0.4, -0.2) is 39.3 Å². The van der Waals surface area contributed by atoms with Gasteiger partial charge < -0.3 is 18.6 Å². The topological polar surface area (TPSA) is 36.9 Å². The Kier molecular flexibility index (Phi) is 10.3. The predicted molar refractivity (Wildman–Crippen MR) is 177 cm³/mol. The summed E-state index contributed by atoms with van der Waals surface area (Å²) in [7, 11) is -2.76. The summed E-state index contributed by atoms with van der Waals surface area (Å²) in [6.07, 6.45) is -0.754. The standard InChI is InChI=1S/C38H46O4Si/c1-29-30(2)42-35(28-41-43(38(3,4)5,33-22-14-8-15-23-33)34-24-16-9-17-25-34)37(40-27-32-20-12-7-13-21-32)36(29)39-26-31-18-10-6-11-19-31/h6-25,29-30,35-37H,26-28H2,1-5H3/t29?,30-,35?,36+,37+/m0/s1. The van der Waals surface area contributed by atoms with Gasteiger partial charge >= 0.3 is 0 Å². The van der Waals surface area contributed by atoms with E-state index in [-0.39, 0.29) is 35.4 Å². The molecule has 2 unspecified atom stereocenters. The maximum atomic E-state index is 7.36. The van der Waals surface area contributed by atoms with Gasteiger partial charge in [-0.25, -0.2) is 0 Å². The van der Waals surface area contributed by atoms with Gasteiger partial charge in [0.15, 0.2) is 0 Å². The highest BCUT2D eigenvalue weighted by Gasteiger charge is 2.52. The molecule has 43 heavy (non-hydrogen) atoms. The second kappa shape index (κ2) is 14.1. The van der Waals surface area contributed by atoms with E-state index in [1.165, 1.54) is 10.4 Å². The van der Waals surface area contributed by atoms with Crippen molar-refractivity contribution in [3.8, 4) is 0 Å². The fourth-order valence-corrected chi connectivity index (χ4v) is 10.9. The average Bonchev–Trinajstić information content (AvgIpc) is 3.03. The first-order chi connectivity index (χ1) is 20.8. The molecule has 0 bridgehead atoms. The maximum Gasteiger partial charge on any atom is 0.261 e. The summed E-state index contributed by atoms with van der Waals surface area (Å²) in [5.74, 6) is 0.147. The second-order valence-electron chi connectivity index (χ2n) is 12.7. The van der Waals surface area contributed by atoms with E-state index in [0.29, 0.717) is 19.8 Å². The highest BCUT2D eigenvalue weighted by molar-refractivity contribution is 6.99. The zero-order chi connectivity index (χ0) is 30.3. The van der Waals surface area contributed by atoms with Crippen molar-refractivity contribution in [1.29, 1.82) is 0 Å². The van der Waals surface area contributed by atoms with Crippen molar-refractivity contribution in [3.63, 3.8) is 0 Å². The summed E-state index contributed by atoms with van der Waals surface area (Å²) >= 11 is 0. The molecule has 4 aromatic rings. The lowest BCUT2D eigenvalue weighted by Gasteiger charge is -2.47. The van der Waals surface area contributed by atoms with E-state index >= 15 is 0 Å². The van der Waals surface area contributed by atoms with Crippen LogP contribution >= 0.6 is 0 Å². The molecular weight excluding hydrogens is 549 g/mol. The van der Waals surface area contributed by atoms with Gasteiger partial charge in [0.2, 0.25) is 0 Å². The van der Waals surface area contributed by atoms with Crippen LogP contribution in [0.3, 0.4) is 0 Å². The van der Waals surface area contributed by atoms with Crippen LogP contribution in [-0.2, 0) is 31.9 Å². The van der Waals surface area contributed by atoms with Crippen LogP contribution < -0.4 is 10.4 Å². The largest absolute Gasteiger partial charge is 0.405 e. The third kappa shape index (κ3) is 7.19. The molecule has 0 aromatic heterocycles. The highest BCUT2D eigenvalue weighted by Crippen LogP contribution is 2.38. The van der Waals surface area contributed by atoms with Gasteiger partial charge in [0.1, 0.15) is 12.2 Å². The first-order valence-corrected chi connectivity index (χ1v) is 17.4. The number of rotatable bonds is 11. The van der Waals surface area contributed by atoms with E-state index in [1.807, 2.05) is 24.3 Å². The number of benzene rings is 4. The Balaban J connectivity index is 1.48. The van der Waals surface area contributed by atoms with Crippen LogP contribution in [0.5, 0.6) is 0 Å². The van der Waals surface area contributed by atoms with Crippen LogP contribution in [0.1, 0.15) is 45.7 Å². The van der Waals surface area contributed by atoms with Gasteiger partial charge in [0.05, 0.1) is 32.0 Å². The molecule has 0 spiro atoms. The molecule has 0 N–H and O–H groups in total. The van der Waals surface area contributed by atoms with Crippen molar-refractivity contribution >= 4 is 18.7 Å². The number of ether oxygens (including phenoxy) is 3. The molecule has 0 amide bonds. The maximum absolute atomic E-state index is 7.36. The molecule has 5 heteroatoms. The average molecular weight is 595 g/mol. The molecule has 5 atom stereocenters. The molecule has 4 aromatic carbocycles. The Labute approximate surface area is 259 Å². The third-order valence-corrected chi connectivity index (χ3v) is 13.8. The lowest BCUT2D eigenvalue weighted by molar-refractivity contribution is -0.233. The van der Waals surface area contributed by atoms with E-state index < -0.39 is 8.32 Å². The number of hydrogen-bond donors (Lipinski definition) is 0. The second-order valence-corrected chi connectivity index (χ2v) is 17.0. The molecule has 0 saturated carbocycles. The highest BCUT2D eigenvalue weighted by atomic mass is 28.4. The van der Waals surface area contributed by atoms with Gasteiger partial charge in [-0.3, -0.25) is 0 Å². The molecule has 1 heterocycles. The molecule has 1 fully saturated rings. The van der Waals surface area contributed by atoms with E-state index in [2.05, 4.69) is 132 Å². The summed E-state index contributed by atoms with van der Waals surface area (Å²) in [5, 5.41) is 2.38. The van der Waals surface area contributed by atoms with Gasteiger partial charge in [-0.1, -0.05) is 149 Å². The smallest absolute Gasteiger partial charge is 0.261 e. The van der Waals surface area contributed by atoms with Crippen LogP contribution in [0.15, 0.2) is 121 Å². The minimum atomic E-state index is -2.76. The van der Waals surface area contributed by atoms with Crippen molar-refractivity contribution in [3.05, 3.63) is 132 Å². The predicted octanol–water partition coefficient (Wildman–Crippen LogP) is 7.16. The Hall–Kier alpha value is -3.06. The summed E-state index contributed by atoms with van der Waals surface area (Å²) in [5.41, 5.74) is 2.28. The quantitative estimate of drug-likeness (QED) is 0.173. The van der Waals surface area contributed by atoms with Crippen molar-refractivity contribution in [2.24, 2.45) is 5.92 Å². The van der Waals surface area contributed by atoms with E-state index in [9.17, 15) is 0 Å². The fraction of sp³-hybridized carbons (Fsp3) is 0.368. The molecule has 4 nitrogen and oxygen atoms in total. The Morgan fingerprint density at radius 1 is 0.605 bits per heavy atom. The SMILES string of the molecule is CC1[C@H](C)OC(CO[Si](c2ccccc2)(c2ccccc2)C(C)(C)C)[C@@H](OCc2ccccc2)[C@@H]1OCc1ccccc1. The first kappa shape index (κ1) is 31.4. The molecule has 226 valence electrons. The fourth-order valence-electron chi connectivity index (χ4n) is 6.34. The molecule has 1 aliphatic heterocycles. The van der Waals surface area contributed by atoms with Crippen molar-refractivity contribution in [2.75, 3.05) is 6.61 Å². The summed E-state index contributed by atoms with van der Waals surface area (Å²) < 4.78 is 27.6. The van der Waals surface area contributed by atoms with Gasteiger partial charge in [0.25, 0.3) is 8.32 Å². The molecular formula is C38H46O4Si. The normalized spacial score (nSPS) is 22.8. The summed E-state index contributed by atoms with van der Waals surface area (Å²) in [4.78, 5) is 0. The van der Waals surface area contributed by atoms with Crippen molar-refractivity contribution < 1.29 is 18.6 Å². The van der Waals surface area contributed by atoms with Crippen LogP contribution in [0.25, 0.3) is 0 Å². The Morgan fingerprint density at radius 2 is 1.02 bits per heavy atom. The van der Waals surface area contributed by atoms with Crippen LogP contribution in [0, 0.1) is 5.92 Å². The van der Waals surface area contributed by atoms with Gasteiger partial charge in [-0.15, -0.1) is 0 Å². The molecule has 5 rings (SSSR count). The monoisotopic (exact) mass is 594 g/mol. The first-order valence-electron chi connectivity index (χ1n) is 15.5. The van der Waals surface area contributed by atoms with Gasteiger partial charge in [-0.2, -0.15) is 0 Å². The molecule has 1 aliphatic rings. The molecule has 0 radical (unpaired) electrons. The molecule has 0 aliphatic carbocycles. The van der Waals surface area contributed by atoms with Crippen LogP contribution in [0.4, 0.5) is 0 Å². The van der Waals surface area contributed by atoms with E-state index in [4.69, 9.17) is 18.6 Å². The van der Waals surface area contributed by atoms with Crippen molar-refractivity contribution in [2.45, 2.75) is 77.3 Å². The summed E-state index contributed by atoms with van der Waals surface area (Å²) in [6, 6.07) is 42.2. The third-order valence-electron chi connectivity index (χ3n) is 8.79.